The number of rotatable bonds is 6. The van der Waals surface area contributed by atoms with Crippen molar-refractivity contribution in [3.05, 3.63) is 10.1 Å². The van der Waals surface area contributed by atoms with Crippen molar-refractivity contribution < 1.29 is 9.53 Å². The number of esters is 1. The highest BCUT2D eigenvalue weighted by Gasteiger charge is 2.33. The van der Waals surface area contributed by atoms with E-state index in [9.17, 15) is 4.79 Å². The molecule has 0 amide bonds. The average molecular weight is 332 g/mol. The van der Waals surface area contributed by atoms with Gasteiger partial charge in [0.15, 0.2) is 0 Å². The Morgan fingerprint density at radius 3 is 2.33 bits per heavy atom. The van der Waals surface area contributed by atoms with Gasteiger partial charge in [0.2, 0.25) is 0 Å². The Balaban J connectivity index is 4.69. The molecule has 0 aliphatic heterocycles. The van der Waals surface area contributed by atoms with Crippen LogP contribution in [0.4, 0.5) is 0 Å². The third kappa shape index (κ3) is 6.36. The second-order valence-electron chi connectivity index (χ2n) is 5.60. The van der Waals surface area contributed by atoms with Crippen LogP contribution in [0.1, 0.15) is 33.1 Å². The first kappa shape index (κ1) is 17.4. The number of allylic oxidation sites excluding steroid dienone is 1. The smallest absolute Gasteiger partial charge is 0.306 e. The van der Waals surface area contributed by atoms with Gasteiger partial charge >= 0.3 is 5.97 Å². The summed E-state index contributed by atoms with van der Waals surface area (Å²) in [6.07, 6.45) is 1.29. The van der Waals surface area contributed by atoms with Gasteiger partial charge in [0.1, 0.15) is 5.73 Å². The lowest BCUT2D eigenvalue weighted by atomic mass is 10.2. The van der Waals surface area contributed by atoms with Crippen LogP contribution in [0.2, 0.25) is 19.6 Å². The summed E-state index contributed by atoms with van der Waals surface area (Å²) >= 11 is 3.54. The van der Waals surface area contributed by atoms with Crippen molar-refractivity contribution in [3.8, 4) is 6.07 Å². The maximum atomic E-state index is 11.7. The Morgan fingerprint density at radius 1 is 1.39 bits per heavy atom. The minimum Gasteiger partial charge on any atom is -0.461 e. The first-order valence-electron chi connectivity index (χ1n) is 6.09. The van der Waals surface area contributed by atoms with Gasteiger partial charge in [-0.1, -0.05) is 41.1 Å². The summed E-state index contributed by atoms with van der Waals surface area (Å²) in [6.45, 7) is 10.5. The standard InChI is InChI=1S/C13H22BrNO2Si/c1-10(2)12(14)13(18(3,4)5)17-11(16)8-6-7-9-15/h13H,6-8H2,1-5H3. The number of carbonyl (C=O) groups excluding carboxylic acids is 1. The summed E-state index contributed by atoms with van der Waals surface area (Å²) in [7, 11) is -1.64. The van der Waals surface area contributed by atoms with Crippen molar-refractivity contribution >= 4 is 30.0 Å². The highest BCUT2D eigenvalue weighted by molar-refractivity contribution is 9.11. The molecule has 0 rings (SSSR count). The minimum atomic E-state index is -1.64. The molecule has 0 bridgehead atoms. The number of ether oxygens (including phenoxy) is 1. The zero-order chi connectivity index (χ0) is 14.3. The molecule has 18 heavy (non-hydrogen) atoms. The molecule has 0 fully saturated rings. The molecule has 0 spiro atoms. The lowest BCUT2D eigenvalue weighted by molar-refractivity contribution is -0.144. The van der Waals surface area contributed by atoms with Gasteiger partial charge < -0.3 is 4.74 Å². The Labute approximate surface area is 119 Å². The predicted octanol–water partition coefficient (Wildman–Crippen LogP) is 4.16. The third-order valence-corrected chi connectivity index (χ3v) is 6.02. The Hall–Kier alpha value is -0.603. The van der Waals surface area contributed by atoms with E-state index >= 15 is 0 Å². The number of unbranched alkanes of at least 4 members (excludes halogenated alkanes) is 1. The molecule has 0 aromatic carbocycles. The van der Waals surface area contributed by atoms with Crippen LogP contribution >= 0.6 is 15.9 Å². The molecule has 3 nitrogen and oxygen atoms in total. The van der Waals surface area contributed by atoms with Gasteiger partial charge in [0.25, 0.3) is 0 Å². The van der Waals surface area contributed by atoms with Crippen LogP contribution in [-0.2, 0) is 9.53 Å². The molecule has 0 radical (unpaired) electrons. The van der Waals surface area contributed by atoms with Gasteiger partial charge in [-0.15, -0.1) is 0 Å². The van der Waals surface area contributed by atoms with Crippen LogP contribution < -0.4 is 0 Å². The lowest BCUT2D eigenvalue weighted by Gasteiger charge is -2.29. The van der Waals surface area contributed by atoms with Crippen LogP contribution in [0.15, 0.2) is 10.1 Å². The highest BCUT2D eigenvalue weighted by atomic mass is 79.9. The minimum absolute atomic E-state index is 0.142. The Morgan fingerprint density at radius 2 is 1.94 bits per heavy atom. The molecule has 0 aromatic rings. The van der Waals surface area contributed by atoms with Crippen molar-refractivity contribution in [2.75, 3.05) is 0 Å². The molecule has 0 aromatic heterocycles. The SMILES string of the molecule is CC(C)=C(Br)C(OC(=O)CCCC#N)[Si](C)(C)C. The summed E-state index contributed by atoms with van der Waals surface area (Å²) in [5.41, 5.74) is 0.990. The quantitative estimate of drug-likeness (QED) is 0.417. The molecular weight excluding hydrogens is 310 g/mol. The monoisotopic (exact) mass is 331 g/mol. The number of halogens is 1. The third-order valence-electron chi connectivity index (χ3n) is 2.41. The van der Waals surface area contributed by atoms with E-state index in [1.54, 1.807) is 0 Å². The van der Waals surface area contributed by atoms with Crippen LogP contribution in [0, 0.1) is 11.3 Å². The van der Waals surface area contributed by atoms with Crippen molar-refractivity contribution in [1.29, 1.82) is 5.26 Å². The topological polar surface area (TPSA) is 50.1 Å². The first-order valence-corrected chi connectivity index (χ1v) is 10.5. The lowest BCUT2D eigenvalue weighted by Crippen LogP contribution is -2.42. The number of carbonyl (C=O) groups is 1. The fourth-order valence-corrected chi connectivity index (χ4v) is 5.06. The first-order chi connectivity index (χ1) is 8.20. The van der Waals surface area contributed by atoms with Gasteiger partial charge in [0.05, 0.1) is 14.1 Å². The zero-order valence-corrected chi connectivity index (χ0v) is 14.4. The van der Waals surface area contributed by atoms with Crippen molar-refractivity contribution in [1.82, 2.24) is 0 Å². The van der Waals surface area contributed by atoms with Crippen molar-refractivity contribution in [2.24, 2.45) is 0 Å². The van der Waals surface area contributed by atoms with E-state index in [1.165, 1.54) is 0 Å². The van der Waals surface area contributed by atoms with E-state index < -0.39 is 8.07 Å². The molecule has 0 aliphatic carbocycles. The van der Waals surface area contributed by atoms with Gasteiger partial charge in [-0.3, -0.25) is 4.79 Å². The van der Waals surface area contributed by atoms with Gasteiger partial charge in [-0.05, 0) is 20.3 Å². The van der Waals surface area contributed by atoms with Gasteiger partial charge in [-0.25, -0.2) is 0 Å². The molecule has 0 heterocycles. The molecule has 5 heteroatoms. The maximum Gasteiger partial charge on any atom is 0.306 e. The number of hydrogen-bond donors (Lipinski definition) is 0. The van der Waals surface area contributed by atoms with Gasteiger partial charge in [0, 0.05) is 17.3 Å². The summed E-state index contributed by atoms with van der Waals surface area (Å²) < 4.78 is 6.57. The average Bonchev–Trinajstić information content (AvgIpc) is 2.23. The number of hydrogen-bond acceptors (Lipinski definition) is 3. The molecular formula is C13H22BrNO2Si. The van der Waals surface area contributed by atoms with E-state index in [-0.39, 0.29) is 11.7 Å². The van der Waals surface area contributed by atoms with Crippen LogP contribution in [0.25, 0.3) is 0 Å². The molecule has 0 N–H and O–H groups in total. The molecule has 0 saturated heterocycles. The van der Waals surface area contributed by atoms with E-state index in [0.29, 0.717) is 19.3 Å². The summed E-state index contributed by atoms with van der Waals surface area (Å²) in [5, 5.41) is 8.44. The number of nitriles is 1. The molecule has 0 saturated carbocycles. The molecule has 1 unspecified atom stereocenters. The molecule has 102 valence electrons. The van der Waals surface area contributed by atoms with Crippen LogP contribution in [-0.4, -0.2) is 19.8 Å². The fraction of sp³-hybridized carbons (Fsp3) is 0.692. The molecule has 0 aliphatic rings. The second-order valence-corrected chi connectivity index (χ2v) is 11.7. The summed E-state index contributed by atoms with van der Waals surface area (Å²) in [5.74, 6) is -0.212. The molecule has 1 atom stereocenters. The van der Waals surface area contributed by atoms with Gasteiger partial charge in [-0.2, -0.15) is 5.26 Å². The van der Waals surface area contributed by atoms with E-state index in [4.69, 9.17) is 10.00 Å². The van der Waals surface area contributed by atoms with E-state index in [0.717, 1.165) is 10.1 Å². The van der Waals surface area contributed by atoms with Crippen molar-refractivity contribution in [3.63, 3.8) is 0 Å². The van der Waals surface area contributed by atoms with Crippen molar-refractivity contribution in [2.45, 2.75) is 58.5 Å². The largest absolute Gasteiger partial charge is 0.461 e. The second kappa shape index (κ2) is 7.75. The summed E-state index contributed by atoms with van der Waals surface area (Å²) in [6, 6.07) is 2.03. The zero-order valence-electron chi connectivity index (χ0n) is 11.8. The Bertz CT molecular complexity index is 362. The van der Waals surface area contributed by atoms with Crippen LogP contribution in [0.5, 0.6) is 0 Å². The fourth-order valence-electron chi connectivity index (χ4n) is 1.37. The summed E-state index contributed by atoms with van der Waals surface area (Å²) in [4.78, 5) is 11.7. The van der Waals surface area contributed by atoms with E-state index in [1.807, 2.05) is 19.9 Å². The highest BCUT2D eigenvalue weighted by Crippen LogP contribution is 2.27. The van der Waals surface area contributed by atoms with Crippen LogP contribution in [0.3, 0.4) is 0 Å². The normalized spacial score (nSPS) is 12.5. The Kier molecular flexibility index (Phi) is 7.49. The predicted molar refractivity (Wildman–Crippen MR) is 80.0 cm³/mol. The van der Waals surface area contributed by atoms with E-state index in [2.05, 4.69) is 35.6 Å². The maximum absolute atomic E-state index is 11.7. The number of nitrogens with zero attached hydrogens (tertiary/aromatic N) is 1.